The lowest BCUT2D eigenvalue weighted by atomic mass is 10.1. The van der Waals surface area contributed by atoms with Gasteiger partial charge in [-0.1, -0.05) is 29.4 Å². The van der Waals surface area contributed by atoms with Gasteiger partial charge in [0.1, 0.15) is 5.58 Å². The maximum absolute atomic E-state index is 11.8. The van der Waals surface area contributed by atoms with Gasteiger partial charge in [-0.2, -0.15) is 0 Å². The second-order valence-electron chi connectivity index (χ2n) is 6.27. The third kappa shape index (κ3) is 4.29. The summed E-state index contributed by atoms with van der Waals surface area (Å²) in [6.45, 7) is 5.92. The van der Waals surface area contributed by atoms with Crippen molar-refractivity contribution in [2.24, 2.45) is 10.7 Å². The zero-order valence-electron chi connectivity index (χ0n) is 14.8. The molecule has 1 heterocycles. The van der Waals surface area contributed by atoms with E-state index >= 15 is 0 Å². The van der Waals surface area contributed by atoms with E-state index in [1.807, 2.05) is 39.0 Å². The van der Waals surface area contributed by atoms with E-state index in [4.69, 9.17) is 21.8 Å². The molecule has 2 N–H and O–H groups in total. The molecular weight excluding hydrogens is 368 g/mol. The van der Waals surface area contributed by atoms with Gasteiger partial charge in [0.15, 0.2) is 5.17 Å². The summed E-state index contributed by atoms with van der Waals surface area (Å²) in [5, 5.41) is 1.89. The van der Waals surface area contributed by atoms with Gasteiger partial charge in [-0.25, -0.2) is 9.79 Å². The fraction of sp³-hybridized carbons (Fsp3) is 0.200. The minimum atomic E-state index is -0.389. The van der Waals surface area contributed by atoms with Crippen molar-refractivity contribution in [3.63, 3.8) is 0 Å². The molecule has 0 atom stereocenters. The third-order valence-electron chi connectivity index (χ3n) is 3.93. The van der Waals surface area contributed by atoms with Crippen LogP contribution in [0.15, 0.2) is 50.6 Å². The van der Waals surface area contributed by atoms with Crippen molar-refractivity contribution in [3.8, 4) is 0 Å². The predicted octanol–water partition coefficient (Wildman–Crippen LogP) is 5.25. The van der Waals surface area contributed by atoms with Crippen molar-refractivity contribution in [2.45, 2.75) is 26.5 Å². The van der Waals surface area contributed by atoms with Crippen LogP contribution in [-0.2, 0) is 5.75 Å². The Morgan fingerprint density at radius 3 is 2.50 bits per heavy atom. The molecule has 0 saturated carbocycles. The molecule has 0 radical (unpaired) electrons. The number of fused-ring (bicyclic) bond motifs is 1. The van der Waals surface area contributed by atoms with Crippen LogP contribution < -0.4 is 11.4 Å². The summed E-state index contributed by atoms with van der Waals surface area (Å²) >= 11 is 7.60. The van der Waals surface area contributed by atoms with Crippen molar-refractivity contribution in [1.82, 2.24) is 0 Å². The summed E-state index contributed by atoms with van der Waals surface area (Å²) in [4.78, 5) is 16.3. The highest BCUT2D eigenvalue weighted by Gasteiger charge is 2.09. The standard InChI is InChI=1S/C20H19ClN2O2S/c1-11-4-12(2)6-15(5-11)23-20(22)26-10-14-8-19(24)25-18-7-13(3)17(21)9-16(14)18/h4-9H,10H2,1-3H3,(H2,22,23). The molecule has 1 aromatic heterocycles. The maximum atomic E-state index is 11.8. The van der Waals surface area contributed by atoms with Crippen LogP contribution in [0.2, 0.25) is 5.02 Å². The van der Waals surface area contributed by atoms with Gasteiger partial charge in [0.25, 0.3) is 0 Å². The minimum absolute atomic E-state index is 0.389. The number of nitrogens with two attached hydrogens (primary N) is 1. The Balaban J connectivity index is 1.88. The number of hydrogen-bond donors (Lipinski definition) is 1. The minimum Gasteiger partial charge on any atom is -0.423 e. The summed E-state index contributed by atoms with van der Waals surface area (Å²) in [7, 11) is 0. The number of aryl methyl sites for hydroxylation is 3. The van der Waals surface area contributed by atoms with Crippen LogP contribution in [0.1, 0.15) is 22.3 Å². The number of rotatable bonds is 3. The van der Waals surface area contributed by atoms with E-state index < -0.39 is 0 Å². The Kier molecular flexibility index (Phi) is 5.39. The fourth-order valence-corrected chi connectivity index (χ4v) is 3.67. The second kappa shape index (κ2) is 7.56. The van der Waals surface area contributed by atoms with Gasteiger partial charge in [-0.15, -0.1) is 0 Å². The van der Waals surface area contributed by atoms with Gasteiger partial charge in [0, 0.05) is 22.2 Å². The Labute approximate surface area is 161 Å². The lowest BCUT2D eigenvalue weighted by molar-refractivity contribution is 0.559. The zero-order chi connectivity index (χ0) is 18.8. The highest BCUT2D eigenvalue weighted by Crippen LogP contribution is 2.27. The number of halogens is 1. The molecule has 0 saturated heterocycles. The largest absolute Gasteiger partial charge is 0.423 e. The molecule has 0 bridgehead atoms. The Bertz CT molecular complexity index is 1050. The second-order valence-corrected chi connectivity index (χ2v) is 7.68. The Morgan fingerprint density at radius 1 is 1.12 bits per heavy atom. The first-order chi connectivity index (χ1) is 12.3. The lowest BCUT2D eigenvalue weighted by Crippen LogP contribution is -2.07. The molecule has 3 rings (SSSR count). The summed E-state index contributed by atoms with van der Waals surface area (Å²) in [6.07, 6.45) is 0. The highest BCUT2D eigenvalue weighted by molar-refractivity contribution is 8.13. The molecule has 2 aromatic carbocycles. The molecule has 0 unspecified atom stereocenters. The van der Waals surface area contributed by atoms with Crippen LogP contribution in [0, 0.1) is 20.8 Å². The molecule has 0 amide bonds. The molecule has 0 aliphatic rings. The summed E-state index contributed by atoms with van der Waals surface area (Å²) in [6, 6.07) is 11.1. The lowest BCUT2D eigenvalue weighted by Gasteiger charge is -2.07. The van der Waals surface area contributed by atoms with Crippen molar-refractivity contribution < 1.29 is 4.42 Å². The van der Waals surface area contributed by atoms with Crippen LogP contribution >= 0.6 is 23.4 Å². The van der Waals surface area contributed by atoms with Crippen molar-refractivity contribution in [3.05, 3.63) is 74.1 Å². The van der Waals surface area contributed by atoms with Gasteiger partial charge < -0.3 is 10.2 Å². The quantitative estimate of drug-likeness (QED) is 0.379. The van der Waals surface area contributed by atoms with E-state index in [0.29, 0.717) is 21.5 Å². The molecule has 6 heteroatoms. The molecule has 134 valence electrons. The first kappa shape index (κ1) is 18.5. The van der Waals surface area contributed by atoms with E-state index in [2.05, 4.69) is 11.1 Å². The zero-order valence-corrected chi connectivity index (χ0v) is 16.4. The van der Waals surface area contributed by atoms with Gasteiger partial charge in [0.05, 0.1) is 5.69 Å². The normalized spacial score (nSPS) is 11.9. The predicted molar refractivity (Wildman–Crippen MR) is 111 cm³/mol. The first-order valence-corrected chi connectivity index (χ1v) is 9.46. The summed E-state index contributed by atoms with van der Waals surface area (Å²) in [5.74, 6) is 0.502. The molecule has 0 spiro atoms. The van der Waals surface area contributed by atoms with Gasteiger partial charge in [-0.05, 0) is 67.3 Å². The van der Waals surface area contributed by atoms with Crippen molar-refractivity contribution in [2.75, 3.05) is 0 Å². The van der Waals surface area contributed by atoms with E-state index in [0.717, 1.165) is 33.3 Å². The highest BCUT2D eigenvalue weighted by atomic mass is 35.5. The smallest absolute Gasteiger partial charge is 0.336 e. The molecule has 4 nitrogen and oxygen atoms in total. The first-order valence-electron chi connectivity index (χ1n) is 8.10. The third-order valence-corrected chi connectivity index (χ3v) is 5.18. The number of amidine groups is 1. The Morgan fingerprint density at radius 2 is 1.81 bits per heavy atom. The number of aliphatic imine (C=N–C) groups is 1. The van der Waals surface area contributed by atoms with E-state index in [9.17, 15) is 4.79 Å². The van der Waals surface area contributed by atoms with E-state index in [1.165, 1.54) is 17.8 Å². The fourth-order valence-electron chi connectivity index (χ4n) is 2.79. The monoisotopic (exact) mass is 386 g/mol. The van der Waals surface area contributed by atoms with E-state index in [-0.39, 0.29) is 5.63 Å². The van der Waals surface area contributed by atoms with Crippen LogP contribution in [0.25, 0.3) is 11.0 Å². The maximum Gasteiger partial charge on any atom is 0.336 e. The van der Waals surface area contributed by atoms with Crippen molar-refractivity contribution >= 4 is 45.2 Å². The number of nitrogens with zero attached hydrogens (tertiary/aromatic N) is 1. The molecule has 0 aliphatic carbocycles. The van der Waals surface area contributed by atoms with Gasteiger partial charge in [-0.3, -0.25) is 0 Å². The number of hydrogen-bond acceptors (Lipinski definition) is 4. The molecule has 0 fully saturated rings. The van der Waals surface area contributed by atoms with Crippen molar-refractivity contribution in [1.29, 1.82) is 0 Å². The van der Waals surface area contributed by atoms with Gasteiger partial charge >= 0.3 is 5.63 Å². The van der Waals surface area contributed by atoms with E-state index in [1.54, 1.807) is 6.07 Å². The molecular formula is C20H19ClN2O2S. The average Bonchev–Trinajstić information content (AvgIpc) is 2.53. The molecule has 3 aromatic rings. The molecule has 26 heavy (non-hydrogen) atoms. The molecule has 0 aliphatic heterocycles. The van der Waals surface area contributed by atoms with Gasteiger partial charge in [0.2, 0.25) is 0 Å². The van der Waals surface area contributed by atoms with Crippen LogP contribution in [-0.4, -0.2) is 5.17 Å². The Hall–Kier alpha value is -2.24. The topological polar surface area (TPSA) is 68.6 Å². The number of thioether (sulfide) groups is 1. The summed E-state index contributed by atoms with van der Waals surface area (Å²) in [5.41, 5.74) is 11.0. The SMILES string of the molecule is Cc1cc(C)cc(N=C(N)SCc2cc(=O)oc3cc(C)c(Cl)cc23)c1. The van der Waals surface area contributed by atoms with Crippen LogP contribution in [0.4, 0.5) is 5.69 Å². The summed E-state index contributed by atoms with van der Waals surface area (Å²) < 4.78 is 5.28. The van der Waals surface area contributed by atoms with Crippen LogP contribution in [0.3, 0.4) is 0 Å². The van der Waals surface area contributed by atoms with Crippen LogP contribution in [0.5, 0.6) is 0 Å². The number of benzene rings is 2. The average molecular weight is 387 g/mol.